The van der Waals surface area contributed by atoms with Crippen LogP contribution in [0.15, 0.2) is 66.7 Å². The first kappa shape index (κ1) is 14.9. The Bertz CT molecular complexity index is 933. The molecule has 1 aliphatic heterocycles. The van der Waals surface area contributed by atoms with E-state index >= 15 is 0 Å². The third-order valence-electron chi connectivity index (χ3n) is 5.37. The van der Waals surface area contributed by atoms with E-state index in [-0.39, 0.29) is 0 Å². The zero-order valence-electron chi connectivity index (χ0n) is 14.2. The molecule has 1 saturated heterocycles. The molecular formula is C23H21NO. The summed E-state index contributed by atoms with van der Waals surface area (Å²) in [6.45, 7) is 3.62. The lowest BCUT2D eigenvalue weighted by Crippen LogP contribution is -2.38. The van der Waals surface area contributed by atoms with Gasteiger partial charge in [0.25, 0.3) is 0 Å². The fourth-order valence-electron chi connectivity index (χ4n) is 4.27. The summed E-state index contributed by atoms with van der Waals surface area (Å²) in [6, 6.07) is 24.4. The summed E-state index contributed by atoms with van der Waals surface area (Å²) >= 11 is 0. The molecule has 1 atom stereocenters. The number of hydrogen-bond donors (Lipinski definition) is 0. The van der Waals surface area contributed by atoms with Gasteiger partial charge in [0.2, 0.25) is 0 Å². The van der Waals surface area contributed by atoms with Crippen LogP contribution in [-0.2, 0) is 4.74 Å². The van der Waals surface area contributed by atoms with Crippen molar-refractivity contribution in [3.05, 3.63) is 83.4 Å². The van der Waals surface area contributed by atoms with E-state index in [1.165, 1.54) is 33.0 Å². The zero-order chi connectivity index (χ0) is 16.6. The van der Waals surface area contributed by atoms with Crippen LogP contribution in [0.4, 0.5) is 0 Å². The monoisotopic (exact) mass is 327 g/mol. The van der Waals surface area contributed by atoms with Gasteiger partial charge in [-0.2, -0.15) is 0 Å². The average molecular weight is 327 g/mol. The SMILES string of the molecule is C(=C1/c2cccc3cccc(c23)C1N1CCOCC1)/c1ccccc1. The van der Waals surface area contributed by atoms with E-state index in [4.69, 9.17) is 4.74 Å². The molecule has 1 unspecified atom stereocenters. The van der Waals surface area contributed by atoms with Crippen LogP contribution < -0.4 is 0 Å². The Morgan fingerprint density at radius 1 is 0.840 bits per heavy atom. The molecule has 5 rings (SSSR count). The van der Waals surface area contributed by atoms with E-state index in [0.29, 0.717) is 6.04 Å². The van der Waals surface area contributed by atoms with Gasteiger partial charge in [-0.25, -0.2) is 0 Å². The van der Waals surface area contributed by atoms with Crippen molar-refractivity contribution in [2.24, 2.45) is 0 Å². The predicted octanol–water partition coefficient (Wildman–Crippen LogP) is 4.77. The van der Waals surface area contributed by atoms with Gasteiger partial charge >= 0.3 is 0 Å². The highest BCUT2D eigenvalue weighted by atomic mass is 16.5. The van der Waals surface area contributed by atoms with E-state index < -0.39 is 0 Å². The minimum absolute atomic E-state index is 0.324. The quantitative estimate of drug-likeness (QED) is 0.672. The summed E-state index contributed by atoms with van der Waals surface area (Å²) in [5.41, 5.74) is 5.51. The number of benzene rings is 3. The molecule has 0 spiro atoms. The van der Waals surface area contributed by atoms with Crippen LogP contribution in [0.25, 0.3) is 22.4 Å². The highest BCUT2D eigenvalue weighted by molar-refractivity contribution is 6.06. The van der Waals surface area contributed by atoms with Gasteiger partial charge in [0.15, 0.2) is 0 Å². The Hall–Kier alpha value is -2.42. The molecular weight excluding hydrogens is 306 g/mol. The Kier molecular flexibility index (Phi) is 3.66. The van der Waals surface area contributed by atoms with Gasteiger partial charge in [0.05, 0.1) is 19.3 Å². The molecule has 25 heavy (non-hydrogen) atoms. The molecule has 0 aromatic heterocycles. The summed E-state index contributed by atoms with van der Waals surface area (Å²) in [4.78, 5) is 2.58. The average Bonchev–Trinajstić information content (AvgIpc) is 2.99. The second kappa shape index (κ2) is 6.14. The van der Waals surface area contributed by atoms with E-state index in [1.807, 2.05) is 0 Å². The van der Waals surface area contributed by atoms with Gasteiger partial charge in [-0.1, -0.05) is 66.7 Å². The van der Waals surface area contributed by atoms with Crippen molar-refractivity contribution in [3.63, 3.8) is 0 Å². The molecule has 0 radical (unpaired) electrons. The Balaban J connectivity index is 1.72. The van der Waals surface area contributed by atoms with Crippen molar-refractivity contribution < 1.29 is 4.74 Å². The van der Waals surface area contributed by atoms with Crippen molar-refractivity contribution in [3.8, 4) is 0 Å². The Labute approximate surface area is 148 Å². The van der Waals surface area contributed by atoms with Gasteiger partial charge in [0.1, 0.15) is 0 Å². The fourth-order valence-corrected chi connectivity index (χ4v) is 4.27. The smallest absolute Gasteiger partial charge is 0.0616 e. The number of hydrogen-bond acceptors (Lipinski definition) is 2. The van der Waals surface area contributed by atoms with E-state index in [1.54, 1.807) is 0 Å². The topological polar surface area (TPSA) is 12.5 Å². The Morgan fingerprint density at radius 2 is 1.60 bits per heavy atom. The molecule has 1 heterocycles. The highest BCUT2D eigenvalue weighted by Crippen LogP contribution is 2.48. The van der Waals surface area contributed by atoms with E-state index in [2.05, 4.69) is 77.7 Å². The summed E-state index contributed by atoms with van der Waals surface area (Å²) < 4.78 is 5.60. The van der Waals surface area contributed by atoms with Crippen LogP contribution in [0.3, 0.4) is 0 Å². The van der Waals surface area contributed by atoms with Crippen LogP contribution in [0.1, 0.15) is 22.7 Å². The van der Waals surface area contributed by atoms with Gasteiger partial charge in [-0.3, -0.25) is 4.90 Å². The maximum Gasteiger partial charge on any atom is 0.0616 e. The first-order chi connectivity index (χ1) is 12.4. The van der Waals surface area contributed by atoms with Crippen LogP contribution in [0, 0.1) is 0 Å². The third-order valence-corrected chi connectivity index (χ3v) is 5.37. The molecule has 2 nitrogen and oxygen atoms in total. The van der Waals surface area contributed by atoms with Crippen molar-refractivity contribution in [2.45, 2.75) is 6.04 Å². The number of nitrogens with zero attached hydrogens (tertiary/aromatic N) is 1. The van der Waals surface area contributed by atoms with Gasteiger partial charge < -0.3 is 4.74 Å². The van der Waals surface area contributed by atoms with Crippen molar-refractivity contribution >= 4 is 22.4 Å². The van der Waals surface area contributed by atoms with E-state index in [0.717, 1.165) is 26.3 Å². The van der Waals surface area contributed by atoms with Crippen molar-refractivity contribution in [2.75, 3.05) is 26.3 Å². The largest absolute Gasteiger partial charge is 0.379 e. The normalized spacial score (nSPS) is 21.9. The molecule has 0 N–H and O–H groups in total. The van der Waals surface area contributed by atoms with Crippen molar-refractivity contribution in [1.82, 2.24) is 4.90 Å². The third kappa shape index (κ3) is 2.50. The predicted molar refractivity (Wildman–Crippen MR) is 103 cm³/mol. The summed E-state index contributed by atoms with van der Waals surface area (Å²) in [6.07, 6.45) is 2.37. The van der Waals surface area contributed by atoms with E-state index in [9.17, 15) is 0 Å². The van der Waals surface area contributed by atoms with Crippen LogP contribution in [-0.4, -0.2) is 31.2 Å². The summed E-state index contributed by atoms with van der Waals surface area (Å²) in [5.74, 6) is 0. The molecule has 0 amide bonds. The van der Waals surface area contributed by atoms with Crippen molar-refractivity contribution in [1.29, 1.82) is 0 Å². The number of rotatable bonds is 2. The van der Waals surface area contributed by atoms with Gasteiger partial charge in [-0.15, -0.1) is 0 Å². The van der Waals surface area contributed by atoms with Gasteiger partial charge in [-0.05, 0) is 39.1 Å². The number of ether oxygens (including phenoxy) is 1. The lowest BCUT2D eigenvalue weighted by atomic mass is 9.99. The molecule has 1 aliphatic carbocycles. The lowest BCUT2D eigenvalue weighted by Gasteiger charge is -2.34. The molecule has 0 saturated carbocycles. The standard InChI is InChI=1S/C23H21NO/c1-2-6-17(7-3-1)16-21-19-10-4-8-18-9-5-11-20(22(18)19)23(21)24-12-14-25-15-13-24/h1-11,16,23H,12-15H2/b21-16+. The second-order valence-corrected chi connectivity index (χ2v) is 6.81. The van der Waals surface area contributed by atoms with Crippen LogP contribution in [0.2, 0.25) is 0 Å². The molecule has 0 bridgehead atoms. The minimum atomic E-state index is 0.324. The maximum absolute atomic E-state index is 5.60. The maximum atomic E-state index is 5.60. The molecule has 3 aromatic carbocycles. The number of morpholine rings is 1. The second-order valence-electron chi connectivity index (χ2n) is 6.81. The molecule has 3 aromatic rings. The lowest BCUT2D eigenvalue weighted by molar-refractivity contribution is 0.0278. The fraction of sp³-hybridized carbons (Fsp3) is 0.217. The highest BCUT2D eigenvalue weighted by Gasteiger charge is 2.34. The molecule has 2 aliphatic rings. The van der Waals surface area contributed by atoms with Gasteiger partial charge in [0, 0.05) is 13.1 Å². The first-order valence-corrected chi connectivity index (χ1v) is 9.02. The Morgan fingerprint density at radius 3 is 2.40 bits per heavy atom. The summed E-state index contributed by atoms with van der Waals surface area (Å²) in [7, 11) is 0. The molecule has 2 heteroatoms. The molecule has 124 valence electrons. The first-order valence-electron chi connectivity index (χ1n) is 9.02. The minimum Gasteiger partial charge on any atom is -0.379 e. The van der Waals surface area contributed by atoms with Crippen LogP contribution in [0.5, 0.6) is 0 Å². The molecule has 1 fully saturated rings. The van der Waals surface area contributed by atoms with Crippen LogP contribution >= 0.6 is 0 Å². The zero-order valence-corrected chi connectivity index (χ0v) is 14.2. The summed E-state index contributed by atoms with van der Waals surface area (Å²) in [5, 5.41) is 2.76.